The number of nitrogens with zero attached hydrogens (tertiary/aromatic N) is 3. The van der Waals surface area contributed by atoms with Crippen molar-refractivity contribution >= 4 is 46.0 Å². The molecule has 1 fully saturated rings. The molecule has 2 heterocycles. The summed E-state index contributed by atoms with van der Waals surface area (Å²) in [6.07, 6.45) is 0.451. The zero-order valence-electron chi connectivity index (χ0n) is 28.8. The zero-order valence-corrected chi connectivity index (χ0v) is 28.8. The minimum atomic E-state index is -1.15. The monoisotopic (exact) mass is 658 g/mol. The molecule has 3 aromatic carbocycles. The van der Waals surface area contributed by atoms with E-state index in [9.17, 15) is 19.2 Å². The maximum atomic E-state index is 14.9. The molecular weight excluding hydrogens is 612 g/mol. The van der Waals surface area contributed by atoms with Crippen molar-refractivity contribution < 1.29 is 33.4 Å². The third-order valence-corrected chi connectivity index (χ3v) is 9.14. The summed E-state index contributed by atoms with van der Waals surface area (Å²) in [5.74, 6) is -0.774. The van der Waals surface area contributed by atoms with E-state index in [0.29, 0.717) is 43.2 Å². The number of para-hydroxylation sites is 2. The molecule has 0 bridgehead atoms. The summed E-state index contributed by atoms with van der Waals surface area (Å²) in [5, 5.41) is 4.83. The van der Waals surface area contributed by atoms with Crippen LogP contribution in [0.15, 0.2) is 60.7 Å². The molecule has 0 unspecified atom stereocenters. The molecule has 5 rings (SSSR count). The van der Waals surface area contributed by atoms with Crippen molar-refractivity contribution in [3.63, 3.8) is 0 Å². The van der Waals surface area contributed by atoms with Gasteiger partial charge in [-0.25, -0.2) is 4.79 Å². The van der Waals surface area contributed by atoms with E-state index in [1.54, 1.807) is 51.5 Å². The Hall–Kier alpha value is -4.64. The van der Waals surface area contributed by atoms with Gasteiger partial charge in [0.1, 0.15) is 23.4 Å². The fourth-order valence-corrected chi connectivity index (χ4v) is 6.33. The van der Waals surface area contributed by atoms with Crippen molar-refractivity contribution in [2.75, 3.05) is 37.2 Å². The number of ether oxygens (including phenoxy) is 3. The van der Waals surface area contributed by atoms with Gasteiger partial charge in [0.15, 0.2) is 0 Å². The van der Waals surface area contributed by atoms with Crippen molar-refractivity contribution in [1.82, 2.24) is 10.2 Å². The van der Waals surface area contributed by atoms with Crippen LogP contribution in [-0.4, -0.2) is 79.8 Å². The fraction of sp³-hybridized carbons (Fsp3) is 0.459. The van der Waals surface area contributed by atoms with Crippen molar-refractivity contribution in [3.8, 4) is 5.75 Å². The molecule has 11 heteroatoms. The van der Waals surface area contributed by atoms with Crippen LogP contribution in [-0.2, 0) is 30.4 Å². The molecule has 0 aliphatic carbocycles. The highest BCUT2D eigenvalue weighted by Gasteiger charge is 2.44. The summed E-state index contributed by atoms with van der Waals surface area (Å²) in [6, 6.07) is 16.2. The highest BCUT2D eigenvalue weighted by molar-refractivity contribution is 6.09. The van der Waals surface area contributed by atoms with Crippen molar-refractivity contribution in [1.29, 1.82) is 0 Å². The van der Waals surface area contributed by atoms with Gasteiger partial charge in [0.25, 0.3) is 5.91 Å². The Morgan fingerprint density at radius 3 is 2.31 bits per heavy atom. The molecule has 0 spiro atoms. The number of hydrogen-bond acceptors (Lipinski definition) is 7. The third kappa shape index (κ3) is 7.11. The van der Waals surface area contributed by atoms with E-state index in [1.807, 2.05) is 60.7 Å². The summed E-state index contributed by atoms with van der Waals surface area (Å²) in [7, 11) is 3.07. The molecule has 0 radical (unpaired) electrons. The Labute approximate surface area is 282 Å². The molecule has 2 aliphatic heterocycles. The topological polar surface area (TPSA) is 118 Å². The van der Waals surface area contributed by atoms with Crippen LogP contribution >= 0.6 is 0 Å². The molecule has 0 aromatic heterocycles. The maximum Gasteiger partial charge on any atom is 0.410 e. The molecule has 2 aliphatic rings. The second kappa shape index (κ2) is 14.2. The van der Waals surface area contributed by atoms with Crippen LogP contribution in [0.1, 0.15) is 53.0 Å². The van der Waals surface area contributed by atoms with Gasteiger partial charge in [0.05, 0.1) is 31.1 Å². The van der Waals surface area contributed by atoms with Gasteiger partial charge in [-0.2, -0.15) is 0 Å². The average molecular weight is 659 g/mol. The second-order valence-corrected chi connectivity index (χ2v) is 13.5. The highest BCUT2D eigenvalue weighted by Crippen LogP contribution is 2.40. The number of benzene rings is 3. The molecule has 0 saturated carbocycles. The van der Waals surface area contributed by atoms with Gasteiger partial charge in [0, 0.05) is 31.7 Å². The second-order valence-electron chi connectivity index (χ2n) is 13.5. The number of methoxy groups -OCH3 is 1. The van der Waals surface area contributed by atoms with Gasteiger partial charge in [-0.05, 0) is 76.4 Å². The number of hydrogen-bond donors (Lipinski definition) is 1. The van der Waals surface area contributed by atoms with Crippen LogP contribution < -0.4 is 19.9 Å². The maximum absolute atomic E-state index is 14.9. The predicted octanol–water partition coefficient (Wildman–Crippen LogP) is 5.28. The van der Waals surface area contributed by atoms with Crippen LogP contribution in [0.25, 0.3) is 10.8 Å². The minimum Gasteiger partial charge on any atom is -0.496 e. The fourth-order valence-electron chi connectivity index (χ4n) is 6.33. The molecule has 1 N–H and O–H groups in total. The lowest BCUT2D eigenvalue weighted by Gasteiger charge is -2.36. The molecular formula is C37H46N4O7. The van der Waals surface area contributed by atoms with Crippen LogP contribution in [0.4, 0.5) is 16.2 Å². The summed E-state index contributed by atoms with van der Waals surface area (Å²) in [4.78, 5) is 60.4. The van der Waals surface area contributed by atoms with Crippen LogP contribution in [0.5, 0.6) is 5.75 Å². The smallest absolute Gasteiger partial charge is 0.410 e. The summed E-state index contributed by atoms with van der Waals surface area (Å²) < 4.78 is 16.8. The summed E-state index contributed by atoms with van der Waals surface area (Å²) >= 11 is 0. The van der Waals surface area contributed by atoms with Gasteiger partial charge in [-0.1, -0.05) is 42.5 Å². The van der Waals surface area contributed by atoms with Crippen molar-refractivity contribution in [2.45, 2.75) is 77.7 Å². The van der Waals surface area contributed by atoms with Crippen molar-refractivity contribution in [2.24, 2.45) is 5.92 Å². The quantitative estimate of drug-likeness (QED) is 0.367. The molecule has 4 amide bonds. The van der Waals surface area contributed by atoms with E-state index in [4.69, 9.17) is 14.2 Å². The van der Waals surface area contributed by atoms with E-state index >= 15 is 0 Å². The number of fused-ring (bicyclic) bond motifs is 2. The molecule has 1 saturated heterocycles. The van der Waals surface area contributed by atoms with Gasteiger partial charge in [-0.15, -0.1) is 0 Å². The third-order valence-electron chi connectivity index (χ3n) is 9.14. The summed E-state index contributed by atoms with van der Waals surface area (Å²) in [5.41, 5.74) is 1.15. The highest BCUT2D eigenvalue weighted by atomic mass is 16.6. The Kier molecular flexibility index (Phi) is 10.3. The summed E-state index contributed by atoms with van der Waals surface area (Å²) in [6.45, 7) is 9.66. The van der Waals surface area contributed by atoms with Gasteiger partial charge >= 0.3 is 6.09 Å². The number of carbonyl (C=O) groups excluding carboxylic acids is 4. The van der Waals surface area contributed by atoms with E-state index in [1.165, 1.54) is 11.9 Å². The normalized spacial score (nSPS) is 19.3. The number of carbonyl (C=O) groups is 4. The Balaban J connectivity index is 1.58. The van der Waals surface area contributed by atoms with E-state index in [-0.39, 0.29) is 18.4 Å². The molecule has 11 nitrogen and oxygen atoms in total. The number of likely N-dealkylation sites (N-methyl/N-ethyl adjacent to an activating group) is 1. The SMILES string of the molecule is COc1ccc2ccccc2c1CN1C(=O)[C@@H](NC(=O)[C@H](C)N(C)C(=O)OC(C)(C)C)[C@H](C)N(C(=O)C2CCOCC2)c2ccccc21. The molecule has 3 aromatic rings. The largest absolute Gasteiger partial charge is 0.496 e. The average Bonchev–Trinajstić information content (AvgIpc) is 3.15. The number of amides is 4. The minimum absolute atomic E-state index is 0.117. The van der Waals surface area contributed by atoms with Crippen LogP contribution in [0.2, 0.25) is 0 Å². The van der Waals surface area contributed by atoms with Crippen LogP contribution in [0.3, 0.4) is 0 Å². The number of rotatable bonds is 7. The lowest BCUT2D eigenvalue weighted by atomic mass is 9.96. The van der Waals surface area contributed by atoms with E-state index in [2.05, 4.69) is 5.32 Å². The molecule has 48 heavy (non-hydrogen) atoms. The van der Waals surface area contributed by atoms with Crippen LogP contribution in [0, 0.1) is 5.92 Å². The van der Waals surface area contributed by atoms with Gasteiger partial charge in [-0.3, -0.25) is 19.3 Å². The van der Waals surface area contributed by atoms with E-state index in [0.717, 1.165) is 16.3 Å². The predicted molar refractivity (Wildman–Crippen MR) is 184 cm³/mol. The standard InChI is InChI=1S/C37H46N4O7/c1-23-32(38-33(42)24(2)39(6)36(45)48-37(3,4)5)35(44)40(22-28-27-13-9-8-12-25(27)16-17-31(28)46-7)29-14-10-11-15-30(29)41(23)34(43)26-18-20-47-21-19-26/h8-17,23-24,26,32H,18-22H2,1-7H3,(H,38,42)/t23-,24-,32-/m0/s1. The van der Waals surface area contributed by atoms with Crippen molar-refractivity contribution in [3.05, 3.63) is 66.2 Å². The lowest BCUT2D eigenvalue weighted by Crippen LogP contribution is -2.61. The lowest BCUT2D eigenvalue weighted by molar-refractivity contribution is -0.131. The van der Waals surface area contributed by atoms with E-state index < -0.39 is 41.6 Å². The first-order chi connectivity index (χ1) is 22.8. The first-order valence-electron chi connectivity index (χ1n) is 16.4. The Morgan fingerprint density at radius 1 is 1.00 bits per heavy atom. The van der Waals surface area contributed by atoms with Gasteiger partial charge in [0.2, 0.25) is 11.8 Å². The first kappa shape index (κ1) is 34.7. The number of nitrogens with one attached hydrogen (secondary N) is 1. The Bertz CT molecular complexity index is 1680. The first-order valence-corrected chi connectivity index (χ1v) is 16.4. The van der Waals surface area contributed by atoms with Gasteiger partial charge < -0.3 is 29.3 Å². The Morgan fingerprint density at radius 2 is 1.65 bits per heavy atom. The number of anilines is 2. The zero-order chi connectivity index (χ0) is 34.7. The molecule has 256 valence electrons. The molecule has 3 atom stereocenters.